The molecule has 6 heteroatoms. The number of ether oxygens (including phenoxy) is 2. The third-order valence-corrected chi connectivity index (χ3v) is 2.55. The lowest BCUT2D eigenvalue weighted by Gasteiger charge is -2.12. The van der Waals surface area contributed by atoms with Gasteiger partial charge in [0.1, 0.15) is 12.4 Å². The Morgan fingerprint density at radius 3 is 2.75 bits per heavy atom. The summed E-state index contributed by atoms with van der Waals surface area (Å²) in [4.78, 5) is 10.4. The zero-order chi connectivity index (χ0) is 15.1. The molecule has 0 spiro atoms. The second-order valence-corrected chi connectivity index (χ2v) is 4.67. The van der Waals surface area contributed by atoms with E-state index in [1.807, 2.05) is 13.8 Å². The van der Waals surface area contributed by atoms with Crippen molar-refractivity contribution in [3.63, 3.8) is 0 Å². The van der Waals surface area contributed by atoms with Crippen molar-refractivity contribution in [2.24, 2.45) is 0 Å². The van der Waals surface area contributed by atoms with Crippen LogP contribution in [0.2, 0.25) is 0 Å². The first kappa shape index (κ1) is 16.0. The molecule has 0 radical (unpaired) electrons. The van der Waals surface area contributed by atoms with Gasteiger partial charge in [-0.15, -0.1) is 0 Å². The first-order valence-corrected chi connectivity index (χ1v) is 6.29. The van der Waals surface area contributed by atoms with E-state index < -0.39 is 4.92 Å². The number of benzene rings is 1. The molecule has 1 aromatic rings. The van der Waals surface area contributed by atoms with Gasteiger partial charge in [-0.05, 0) is 17.7 Å². The van der Waals surface area contributed by atoms with Gasteiger partial charge in [-0.3, -0.25) is 10.1 Å². The van der Waals surface area contributed by atoms with E-state index in [9.17, 15) is 10.1 Å². The molecule has 1 N–H and O–H groups in total. The Kier molecular flexibility index (Phi) is 5.99. The van der Waals surface area contributed by atoms with Crippen LogP contribution in [0.5, 0.6) is 11.5 Å². The van der Waals surface area contributed by atoms with Crippen molar-refractivity contribution in [3.05, 3.63) is 40.5 Å². The first-order chi connectivity index (χ1) is 9.43. The molecule has 0 aromatic heterocycles. The third kappa shape index (κ3) is 4.89. The van der Waals surface area contributed by atoms with Gasteiger partial charge in [0.25, 0.3) is 0 Å². The van der Waals surface area contributed by atoms with Crippen molar-refractivity contribution >= 4 is 5.69 Å². The Balaban J connectivity index is 2.62. The maximum absolute atomic E-state index is 10.9. The van der Waals surface area contributed by atoms with Crippen molar-refractivity contribution in [3.8, 4) is 11.5 Å². The smallest absolute Gasteiger partial charge is 0.314 e. The molecule has 1 aromatic carbocycles. The number of nitro benzene ring substituents is 1. The lowest BCUT2D eigenvalue weighted by Crippen LogP contribution is -2.26. The molecule has 0 aliphatic rings. The molecule has 0 unspecified atom stereocenters. The summed E-state index contributed by atoms with van der Waals surface area (Å²) >= 11 is 0. The zero-order valence-electron chi connectivity index (χ0n) is 12.0. The quantitative estimate of drug-likeness (QED) is 0.450. The predicted molar refractivity (Wildman–Crippen MR) is 77.4 cm³/mol. The maximum atomic E-state index is 10.9. The average molecular weight is 280 g/mol. The van der Waals surface area contributed by atoms with Crippen LogP contribution in [0.15, 0.2) is 30.4 Å². The van der Waals surface area contributed by atoms with E-state index in [1.165, 1.54) is 19.2 Å². The van der Waals surface area contributed by atoms with Crippen molar-refractivity contribution < 1.29 is 14.4 Å². The fourth-order valence-corrected chi connectivity index (χ4v) is 1.49. The molecule has 0 bridgehead atoms. The fourth-order valence-electron chi connectivity index (χ4n) is 1.49. The molecule has 6 nitrogen and oxygen atoms in total. The van der Waals surface area contributed by atoms with E-state index in [0.717, 1.165) is 5.57 Å². The lowest BCUT2D eigenvalue weighted by molar-refractivity contribution is -0.385. The van der Waals surface area contributed by atoms with E-state index in [4.69, 9.17) is 9.47 Å². The molecular weight excluding hydrogens is 260 g/mol. The lowest BCUT2D eigenvalue weighted by atomic mass is 10.2. The van der Waals surface area contributed by atoms with E-state index >= 15 is 0 Å². The molecule has 20 heavy (non-hydrogen) atoms. The summed E-state index contributed by atoms with van der Waals surface area (Å²) in [6.45, 7) is 8.93. The molecule has 0 amide bonds. The van der Waals surface area contributed by atoms with Crippen molar-refractivity contribution in [2.45, 2.75) is 19.9 Å². The van der Waals surface area contributed by atoms with Crippen LogP contribution < -0.4 is 14.8 Å². The highest BCUT2D eigenvalue weighted by Gasteiger charge is 2.15. The van der Waals surface area contributed by atoms with Gasteiger partial charge in [0.15, 0.2) is 5.75 Å². The molecule has 0 atom stereocenters. The Bertz CT molecular complexity index is 486. The molecule has 0 saturated carbocycles. The second kappa shape index (κ2) is 7.49. The highest BCUT2D eigenvalue weighted by Crippen LogP contribution is 2.30. The summed E-state index contributed by atoms with van der Waals surface area (Å²) in [5, 5.41) is 14.1. The van der Waals surface area contributed by atoms with Crippen LogP contribution in [0, 0.1) is 10.1 Å². The number of methoxy groups -OCH3 is 1. The average Bonchev–Trinajstić information content (AvgIpc) is 2.42. The van der Waals surface area contributed by atoms with Crippen molar-refractivity contribution in [1.82, 2.24) is 5.32 Å². The second-order valence-electron chi connectivity index (χ2n) is 4.67. The van der Waals surface area contributed by atoms with E-state index in [1.54, 1.807) is 6.07 Å². The maximum Gasteiger partial charge on any atom is 0.314 e. The van der Waals surface area contributed by atoms with Gasteiger partial charge >= 0.3 is 5.69 Å². The van der Waals surface area contributed by atoms with Crippen LogP contribution in [-0.2, 0) is 0 Å². The number of hydrogen-bond donors (Lipinski definition) is 1. The molecule has 0 saturated heterocycles. The number of nitro groups is 1. The Morgan fingerprint density at radius 1 is 1.50 bits per heavy atom. The summed E-state index contributed by atoms with van der Waals surface area (Å²) < 4.78 is 10.4. The Hall–Kier alpha value is -2.08. The van der Waals surface area contributed by atoms with Gasteiger partial charge in [-0.25, -0.2) is 0 Å². The van der Waals surface area contributed by atoms with E-state index in [0.29, 0.717) is 24.9 Å². The van der Waals surface area contributed by atoms with Crippen LogP contribution in [-0.4, -0.2) is 31.2 Å². The Labute approximate surface area is 118 Å². The number of rotatable bonds is 8. The van der Waals surface area contributed by atoms with Crippen LogP contribution in [0.1, 0.15) is 13.8 Å². The summed E-state index contributed by atoms with van der Waals surface area (Å²) in [6, 6.07) is 4.87. The highest BCUT2D eigenvalue weighted by atomic mass is 16.6. The predicted octanol–water partition coefficient (Wildman–Crippen LogP) is 2.54. The number of nitrogens with one attached hydrogen (secondary N) is 1. The third-order valence-electron chi connectivity index (χ3n) is 2.55. The molecule has 0 aliphatic carbocycles. The summed E-state index contributed by atoms with van der Waals surface area (Å²) in [5.74, 6) is 0.630. The van der Waals surface area contributed by atoms with E-state index in [-0.39, 0.29) is 11.4 Å². The minimum atomic E-state index is -0.499. The fraction of sp³-hybridized carbons (Fsp3) is 0.429. The van der Waals surface area contributed by atoms with E-state index in [2.05, 4.69) is 11.9 Å². The van der Waals surface area contributed by atoms with Crippen LogP contribution in [0.3, 0.4) is 0 Å². The first-order valence-electron chi connectivity index (χ1n) is 6.29. The Morgan fingerprint density at radius 2 is 2.20 bits per heavy atom. The SMILES string of the molecule is C=C(CNC(C)C)COc1ccc(OC)c([N+](=O)[O-])c1. The largest absolute Gasteiger partial charge is 0.490 e. The molecule has 110 valence electrons. The van der Waals surface area contributed by atoms with Gasteiger partial charge in [0, 0.05) is 12.6 Å². The van der Waals surface area contributed by atoms with Crippen molar-refractivity contribution in [1.29, 1.82) is 0 Å². The minimum Gasteiger partial charge on any atom is -0.490 e. The van der Waals surface area contributed by atoms with Crippen molar-refractivity contribution in [2.75, 3.05) is 20.3 Å². The molecule has 1 rings (SSSR count). The molecule has 0 fully saturated rings. The van der Waals surface area contributed by atoms with Crippen LogP contribution >= 0.6 is 0 Å². The highest BCUT2D eigenvalue weighted by molar-refractivity contribution is 5.50. The normalized spacial score (nSPS) is 10.4. The van der Waals surface area contributed by atoms with Crippen LogP contribution in [0.25, 0.3) is 0 Å². The van der Waals surface area contributed by atoms with Gasteiger partial charge in [-0.1, -0.05) is 20.4 Å². The van der Waals surface area contributed by atoms with Crippen LogP contribution in [0.4, 0.5) is 5.69 Å². The summed E-state index contributed by atoms with van der Waals surface area (Å²) in [6.07, 6.45) is 0. The molecular formula is C14H20N2O4. The summed E-state index contributed by atoms with van der Waals surface area (Å²) in [7, 11) is 1.39. The summed E-state index contributed by atoms with van der Waals surface area (Å²) in [5.41, 5.74) is 0.757. The molecule has 0 heterocycles. The molecule has 0 aliphatic heterocycles. The number of nitrogens with zero attached hydrogens (tertiary/aromatic N) is 1. The standard InChI is InChI=1S/C14H20N2O4/c1-10(2)15-8-11(3)9-20-12-5-6-14(19-4)13(7-12)16(17)18/h5-7,10,15H,3,8-9H2,1-2,4H3. The van der Waals surface area contributed by atoms with Gasteiger partial charge in [-0.2, -0.15) is 0 Å². The minimum absolute atomic E-state index is 0.115. The zero-order valence-corrected chi connectivity index (χ0v) is 12.0. The monoisotopic (exact) mass is 280 g/mol. The topological polar surface area (TPSA) is 73.6 Å². The number of hydrogen-bond acceptors (Lipinski definition) is 5. The van der Waals surface area contributed by atoms with Gasteiger partial charge in [0.05, 0.1) is 18.1 Å². The van der Waals surface area contributed by atoms with Gasteiger partial charge < -0.3 is 14.8 Å². The van der Waals surface area contributed by atoms with Gasteiger partial charge in [0.2, 0.25) is 0 Å².